The number of carbonyl (C=O) groups excluding carboxylic acids is 1. The SMILES string of the molecule is COc1ccc(S(=O)(=O)N(CCO)CCOC2CC(c3ccc4c(c3)OCO4)C=C(C(=O)Nc3ccc(-c4nc5ccc(C)cc5s4)cc3)O2)cc1. The summed E-state index contributed by atoms with van der Waals surface area (Å²) in [7, 11) is -2.45. The number of ether oxygens (including phenoxy) is 5. The number of hydrogen-bond acceptors (Lipinski definition) is 11. The lowest BCUT2D eigenvalue weighted by Gasteiger charge is -2.30. The van der Waals surface area contributed by atoms with E-state index in [0.29, 0.717) is 29.4 Å². The first-order valence-corrected chi connectivity index (χ1v) is 18.9. The zero-order valence-electron chi connectivity index (χ0n) is 28.5. The summed E-state index contributed by atoms with van der Waals surface area (Å²) in [5, 5.41) is 13.5. The Bertz CT molecular complexity index is 2200. The van der Waals surface area contributed by atoms with Crippen molar-refractivity contribution in [1.29, 1.82) is 0 Å². The van der Waals surface area contributed by atoms with Crippen LogP contribution in [0, 0.1) is 6.92 Å². The van der Waals surface area contributed by atoms with Gasteiger partial charge in [-0.1, -0.05) is 12.1 Å². The van der Waals surface area contributed by atoms with Crippen molar-refractivity contribution >= 4 is 43.2 Å². The molecule has 12 nitrogen and oxygen atoms in total. The Kier molecular flexibility index (Phi) is 10.4. The van der Waals surface area contributed by atoms with Crippen LogP contribution in [-0.4, -0.2) is 75.2 Å². The van der Waals surface area contributed by atoms with Gasteiger partial charge in [0.1, 0.15) is 10.8 Å². The van der Waals surface area contributed by atoms with Crippen LogP contribution in [0.4, 0.5) is 5.69 Å². The van der Waals surface area contributed by atoms with Crippen LogP contribution in [0.1, 0.15) is 23.5 Å². The van der Waals surface area contributed by atoms with E-state index >= 15 is 0 Å². The number of methoxy groups -OCH3 is 1. The minimum absolute atomic E-state index is 0.0580. The number of allylic oxidation sites excluding steroid dienone is 1. The second-order valence-electron chi connectivity index (χ2n) is 12.2. The van der Waals surface area contributed by atoms with Crippen LogP contribution in [0.15, 0.2) is 102 Å². The minimum atomic E-state index is -3.95. The van der Waals surface area contributed by atoms with Crippen LogP contribution < -0.4 is 19.5 Å². The Morgan fingerprint density at radius 1 is 1.00 bits per heavy atom. The predicted octanol–water partition coefficient (Wildman–Crippen LogP) is 6.06. The van der Waals surface area contributed by atoms with E-state index in [-0.39, 0.29) is 49.7 Å². The third-order valence-corrected chi connectivity index (χ3v) is 11.7. The van der Waals surface area contributed by atoms with Gasteiger partial charge in [-0.25, -0.2) is 13.4 Å². The van der Waals surface area contributed by atoms with Gasteiger partial charge in [0.05, 0.1) is 35.4 Å². The van der Waals surface area contributed by atoms with Gasteiger partial charge in [0.2, 0.25) is 23.1 Å². The topological polar surface area (TPSA) is 146 Å². The molecule has 14 heteroatoms. The van der Waals surface area contributed by atoms with Gasteiger partial charge in [-0.05, 0) is 96.9 Å². The number of aliphatic hydroxyl groups is 1. The van der Waals surface area contributed by atoms with Crippen LogP contribution in [-0.2, 0) is 24.3 Å². The summed E-state index contributed by atoms with van der Waals surface area (Å²) in [5.41, 5.74) is 4.49. The number of nitrogens with zero attached hydrogens (tertiary/aromatic N) is 2. The van der Waals surface area contributed by atoms with Gasteiger partial charge in [0.15, 0.2) is 17.3 Å². The van der Waals surface area contributed by atoms with Crippen LogP contribution >= 0.6 is 11.3 Å². The third kappa shape index (κ3) is 7.76. The van der Waals surface area contributed by atoms with E-state index in [0.717, 1.165) is 30.7 Å². The van der Waals surface area contributed by atoms with E-state index in [1.165, 1.54) is 24.8 Å². The van der Waals surface area contributed by atoms with Gasteiger partial charge in [-0.2, -0.15) is 4.31 Å². The molecule has 2 aliphatic heterocycles. The fourth-order valence-electron chi connectivity index (χ4n) is 5.99. The molecule has 0 saturated carbocycles. The molecule has 4 aromatic carbocycles. The lowest BCUT2D eigenvalue weighted by Crippen LogP contribution is -2.37. The minimum Gasteiger partial charge on any atom is -0.497 e. The Morgan fingerprint density at radius 3 is 2.56 bits per heavy atom. The molecule has 7 rings (SSSR count). The maximum Gasteiger partial charge on any atom is 0.290 e. The lowest BCUT2D eigenvalue weighted by molar-refractivity contribution is -0.143. The number of aromatic nitrogens is 1. The highest BCUT2D eigenvalue weighted by Crippen LogP contribution is 2.39. The first kappa shape index (κ1) is 35.4. The van der Waals surface area contributed by atoms with E-state index in [1.54, 1.807) is 29.5 Å². The highest BCUT2D eigenvalue weighted by molar-refractivity contribution is 7.89. The summed E-state index contributed by atoms with van der Waals surface area (Å²) in [4.78, 5) is 18.5. The fourth-order valence-corrected chi connectivity index (χ4v) is 8.47. The zero-order valence-corrected chi connectivity index (χ0v) is 30.1. The van der Waals surface area contributed by atoms with Crippen molar-refractivity contribution < 1.29 is 42.0 Å². The smallest absolute Gasteiger partial charge is 0.290 e. The summed E-state index contributed by atoms with van der Waals surface area (Å²) < 4.78 is 57.4. The number of carbonyl (C=O) groups is 1. The van der Waals surface area contributed by atoms with E-state index in [2.05, 4.69) is 18.3 Å². The van der Waals surface area contributed by atoms with Crippen molar-refractivity contribution in [3.63, 3.8) is 0 Å². The van der Waals surface area contributed by atoms with Crippen LogP contribution in [0.3, 0.4) is 0 Å². The van der Waals surface area contributed by atoms with Gasteiger partial charge in [0.25, 0.3) is 5.91 Å². The molecule has 2 atom stereocenters. The molecule has 0 radical (unpaired) electrons. The number of thiazole rings is 1. The first-order valence-electron chi connectivity index (χ1n) is 16.6. The number of benzene rings is 4. The van der Waals surface area contributed by atoms with Gasteiger partial charge >= 0.3 is 0 Å². The Labute approximate surface area is 305 Å². The molecule has 0 aliphatic carbocycles. The summed E-state index contributed by atoms with van der Waals surface area (Å²) in [6.45, 7) is 1.55. The predicted molar refractivity (Wildman–Crippen MR) is 196 cm³/mol. The average molecular weight is 744 g/mol. The number of sulfonamides is 1. The quantitative estimate of drug-likeness (QED) is 0.146. The zero-order chi connectivity index (χ0) is 36.2. The Morgan fingerprint density at radius 2 is 1.79 bits per heavy atom. The van der Waals surface area contributed by atoms with Crippen molar-refractivity contribution in [2.24, 2.45) is 0 Å². The highest BCUT2D eigenvalue weighted by Gasteiger charge is 2.31. The number of hydrogen-bond donors (Lipinski definition) is 2. The average Bonchev–Trinajstić information content (AvgIpc) is 3.81. The highest BCUT2D eigenvalue weighted by atomic mass is 32.2. The van der Waals surface area contributed by atoms with E-state index in [1.807, 2.05) is 54.6 Å². The molecule has 1 aromatic heterocycles. The van der Waals surface area contributed by atoms with Crippen molar-refractivity contribution in [2.75, 3.05) is 45.5 Å². The number of rotatable bonds is 13. The molecule has 270 valence electrons. The molecule has 0 saturated heterocycles. The Balaban J connectivity index is 1.06. The molecule has 2 unspecified atom stereocenters. The van der Waals surface area contributed by atoms with E-state index in [9.17, 15) is 18.3 Å². The first-order chi connectivity index (χ1) is 25.2. The number of aryl methyl sites for hydroxylation is 1. The van der Waals surface area contributed by atoms with Gasteiger partial charge in [0, 0.05) is 36.7 Å². The van der Waals surface area contributed by atoms with Gasteiger partial charge < -0.3 is 34.1 Å². The molecule has 3 heterocycles. The normalized spacial score (nSPS) is 16.8. The summed E-state index contributed by atoms with van der Waals surface area (Å²) in [6.07, 6.45) is 1.21. The molecular weight excluding hydrogens is 707 g/mol. The van der Waals surface area contributed by atoms with Crippen molar-refractivity contribution in [3.8, 4) is 27.8 Å². The van der Waals surface area contributed by atoms with Crippen LogP contribution in [0.2, 0.25) is 0 Å². The molecule has 1 amide bonds. The largest absolute Gasteiger partial charge is 0.497 e. The number of anilines is 1. The second-order valence-corrected chi connectivity index (χ2v) is 15.2. The number of amides is 1. The van der Waals surface area contributed by atoms with Gasteiger partial charge in [-0.3, -0.25) is 4.79 Å². The standard InChI is InChI=1S/C38H37N3O9S2/c1-24-3-13-31-35(19-24)51-38(40-31)25-4-7-28(8-5-25)39-37(43)34-21-27(26-6-14-32-33(20-26)49-23-48-32)22-36(50-34)47-18-16-41(15-17-42)52(44,45)30-11-9-29(46-2)10-12-30/h3-14,19-21,27,36,42H,15-18,22-23H2,1-2H3,(H,39,43). The number of nitrogens with one attached hydrogen (secondary N) is 1. The summed E-state index contributed by atoms with van der Waals surface area (Å²) >= 11 is 1.61. The summed E-state index contributed by atoms with van der Waals surface area (Å²) in [6, 6.07) is 25.2. The van der Waals surface area contributed by atoms with Crippen molar-refractivity contribution in [2.45, 2.75) is 30.4 Å². The van der Waals surface area contributed by atoms with Crippen LogP contribution in [0.5, 0.6) is 17.2 Å². The van der Waals surface area contributed by atoms with Crippen molar-refractivity contribution in [1.82, 2.24) is 9.29 Å². The van der Waals surface area contributed by atoms with E-state index in [4.69, 9.17) is 28.7 Å². The van der Waals surface area contributed by atoms with E-state index < -0.39 is 22.2 Å². The molecule has 0 fully saturated rings. The second kappa shape index (κ2) is 15.3. The monoisotopic (exact) mass is 743 g/mol. The summed E-state index contributed by atoms with van der Waals surface area (Å²) in [5.74, 6) is 1.06. The molecule has 2 aliphatic rings. The van der Waals surface area contributed by atoms with Crippen LogP contribution in [0.25, 0.3) is 20.8 Å². The maximum absolute atomic E-state index is 13.6. The number of aliphatic hydroxyl groups excluding tert-OH is 1. The Hall–Kier alpha value is -4.99. The molecule has 2 N–H and O–H groups in total. The van der Waals surface area contributed by atoms with Gasteiger partial charge in [-0.15, -0.1) is 11.3 Å². The maximum atomic E-state index is 13.6. The molecule has 0 bridgehead atoms. The lowest BCUT2D eigenvalue weighted by atomic mass is 9.92. The number of fused-ring (bicyclic) bond motifs is 2. The molecular formula is C38H37N3O9S2. The molecule has 5 aromatic rings. The van der Waals surface area contributed by atoms with Crippen molar-refractivity contribution in [3.05, 3.63) is 108 Å². The fraction of sp³-hybridized carbons (Fsp3) is 0.263. The third-order valence-electron chi connectivity index (χ3n) is 8.73. The molecule has 52 heavy (non-hydrogen) atoms. The molecule has 0 spiro atoms.